The van der Waals surface area contributed by atoms with Crippen LogP contribution in [0.15, 0.2) is 48.5 Å². The fraction of sp³-hybridized carbons (Fsp3) is 0.118. The number of carbonyl (C=O) groups is 2. The lowest BCUT2D eigenvalue weighted by molar-refractivity contribution is 0.0940. The van der Waals surface area contributed by atoms with E-state index in [9.17, 15) is 9.59 Å². The van der Waals surface area contributed by atoms with Gasteiger partial charge < -0.3 is 16.4 Å². The summed E-state index contributed by atoms with van der Waals surface area (Å²) in [6.07, 6.45) is 0. The summed E-state index contributed by atoms with van der Waals surface area (Å²) in [6.45, 7) is 1.86. The number of primary amides is 1. The number of urea groups is 1. The van der Waals surface area contributed by atoms with Gasteiger partial charge in [-0.2, -0.15) is 5.26 Å². The maximum Gasteiger partial charge on any atom is 0.316 e. The molecule has 2 aromatic carbocycles. The molecule has 0 radical (unpaired) electrons. The third-order valence-corrected chi connectivity index (χ3v) is 3.30. The maximum atomic E-state index is 12.2. The number of carbonyl (C=O) groups excluding carboxylic acids is 2. The van der Waals surface area contributed by atoms with Gasteiger partial charge in [0.05, 0.1) is 17.7 Å². The monoisotopic (exact) mass is 308 g/mol. The van der Waals surface area contributed by atoms with Crippen molar-refractivity contribution in [3.63, 3.8) is 0 Å². The highest BCUT2D eigenvalue weighted by Crippen LogP contribution is 2.15. The van der Waals surface area contributed by atoms with Gasteiger partial charge in [0.25, 0.3) is 5.91 Å². The average Bonchev–Trinajstić information content (AvgIpc) is 2.55. The highest BCUT2D eigenvalue weighted by atomic mass is 16.2. The van der Waals surface area contributed by atoms with E-state index in [0.717, 1.165) is 5.56 Å². The van der Waals surface area contributed by atoms with Gasteiger partial charge in [0.15, 0.2) is 0 Å². The molecule has 0 aliphatic rings. The Bertz CT molecular complexity index is 746. The quantitative estimate of drug-likeness (QED) is 0.807. The first kappa shape index (κ1) is 16.0. The van der Waals surface area contributed by atoms with Gasteiger partial charge in [-0.3, -0.25) is 4.79 Å². The van der Waals surface area contributed by atoms with E-state index in [2.05, 4.69) is 16.7 Å². The molecule has 0 fully saturated rings. The summed E-state index contributed by atoms with van der Waals surface area (Å²) in [7, 11) is 0. The van der Waals surface area contributed by atoms with Crippen LogP contribution in [-0.2, 0) is 0 Å². The van der Waals surface area contributed by atoms with Crippen molar-refractivity contribution in [3.8, 4) is 6.07 Å². The zero-order valence-corrected chi connectivity index (χ0v) is 12.5. The molecule has 0 saturated heterocycles. The fourth-order valence-electron chi connectivity index (χ4n) is 2.06. The van der Waals surface area contributed by atoms with E-state index in [0.29, 0.717) is 16.8 Å². The molecule has 0 heterocycles. The molecule has 6 nitrogen and oxygen atoms in total. The van der Waals surface area contributed by atoms with Crippen LogP contribution in [-0.4, -0.2) is 11.9 Å². The van der Waals surface area contributed by atoms with E-state index in [-0.39, 0.29) is 11.9 Å². The molecule has 0 aliphatic heterocycles. The summed E-state index contributed by atoms with van der Waals surface area (Å²) in [4.78, 5) is 23.0. The van der Waals surface area contributed by atoms with E-state index >= 15 is 0 Å². The second-order valence-corrected chi connectivity index (χ2v) is 5.00. The van der Waals surface area contributed by atoms with Crippen molar-refractivity contribution in [3.05, 3.63) is 65.2 Å². The SMILES string of the molecule is CC(NC(=O)c1ccc(NC(N)=O)cc1)c1ccc(C#N)cc1. The molecule has 0 aromatic heterocycles. The maximum absolute atomic E-state index is 12.2. The standard InChI is InChI=1S/C17H16N4O2/c1-11(13-4-2-12(10-18)3-5-13)20-16(22)14-6-8-15(9-7-14)21-17(19)23/h2-9,11H,1H3,(H,20,22)(H3,19,21,23). The second-order valence-electron chi connectivity index (χ2n) is 5.00. The van der Waals surface area contributed by atoms with Crippen molar-refractivity contribution < 1.29 is 9.59 Å². The fourth-order valence-corrected chi connectivity index (χ4v) is 2.06. The molecule has 116 valence electrons. The molecule has 0 bridgehead atoms. The van der Waals surface area contributed by atoms with Gasteiger partial charge in [0, 0.05) is 11.3 Å². The molecular formula is C17H16N4O2. The van der Waals surface area contributed by atoms with Crippen LogP contribution in [0.1, 0.15) is 34.5 Å². The predicted molar refractivity (Wildman–Crippen MR) is 86.7 cm³/mol. The zero-order chi connectivity index (χ0) is 16.8. The third-order valence-electron chi connectivity index (χ3n) is 3.30. The Labute approximate surface area is 133 Å². The van der Waals surface area contributed by atoms with Crippen LogP contribution >= 0.6 is 0 Å². The van der Waals surface area contributed by atoms with E-state index < -0.39 is 6.03 Å². The van der Waals surface area contributed by atoms with Crippen molar-refractivity contribution in [1.82, 2.24) is 5.32 Å². The molecule has 3 amide bonds. The van der Waals surface area contributed by atoms with Gasteiger partial charge in [-0.15, -0.1) is 0 Å². The normalized spacial score (nSPS) is 11.1. The van der Waals surface area contributed by atoms with Gasteiger partial charge in [0.1, 0.15) is 0 Å². The minimum absolute atomic E-state index is 0.196. The molecular weight excluding hydrogens is 292 g/mol. The van der Waals surface area contributed by atoms with Crippen LogP contribution in [0.2, 0.25) is 0 Å². The van der Waals surface area contributed by atoms with Crippen molar-refractivity contribution in [2.45, 2.75) is 13.0 Å². The lowest BCUT2D eigenvalue weighted by atomic mass is 10.1. The summed E-state index contributed by atoms with van der Waals surface area (Å²) < 4.78 is 0. The smallest absolute Gasteiger partial charge is 0.316 e. The zero-order valence-electron chi connectivity index (χ0n) is 12.5. The predicted octanol–water partition coefficient (Wildman–Crippen LogP) is 2.54. The van der Waals surface area contributed by atoms with Crippen LogP contribution in [0.4, 0.5) is 10.5 Å². The molecule has 4 N–H and O–H groups in total. The number of nitrogens with two attached hydrogens (primary N) is 1. The molecule has 23 heavy (non-hydrogen) atoms. The Morgan fingerprint density at radius 3 is 2.22 bits per heavy atom. The lowest BCUT2D eigenvalue weighted by Gasteiger charge is -2.14. The van der Waals surface area contributed by atoms with E-state index in [1.807, 2.05) is 19.1 Å². The number of rotatable bonds is 4. The first-order chi connectivity index (χ1) is 11.0. The number of nitrogens with zero attached hydrogens (tertiary/aromatic N) is 1. The highest BCUT2D eigenvalue weighted by Gasteiger charge is 2.11. The number of anilines is 1. The van der Waals surface area contributed by atoms with E-state index in [1.165, 1.54) is 0 Å². The van der Waals surface area contributed by atoms with Gasteiger partial charge in [-0.25, -0.2) is 4.79 Å². The van der Waals surface area contributed by atoms with Gasteiger partial charge in [-0.1, -0.05) is 12.1 Å². The number of hydrogen-bond acceptors (Lipinski definition) is 3. The van der Waals surface area contributed by atoms with Crippen molar-refractivity contribution >= 4 is 17.6 Å². The van der Waals surface area contributed by atoms with E-state index in [1.54, 1.807) is 36.4 Å². The molecule has 0 saturated carbocycles. The Morgan fingerprint density at radius 2 is 1.70 bits per heavy atom. The molecule has 0 spiro atoms. The van der Waals surface area contributed by atoms with Crippen LogP contribution in [0.5, 0.6) is 0 Å². The summed E-state index contributed by atoms with van der Waals surface area (Å²) in [5.41, 5.74) is 7.50. The summed E-state index contributed by atoms with van der Waals surface area (Å²) in [5, 5.41) is 14.1. The number of amides is 3. The van der Waals surface area contributed by atoms with Crippen molar-refractivity contribution in [2.24, 2.45) is 5.73 Å². The minimum Gasteiger partial charge on any atom is -0.351 e. The summed E-state index contributed by atoms with van der Waals surface area (Å²) in [6, 6.07) is 14.7. The third kappa shape index (κ3) is 4.32. The molecule has 1 atom stereocenters. The highest BCUT2D eigenvalue weighted by molar-refractivity contribution is 5.95. The molecule has 2 aromatic rings. The number of benzene rings is 2. The van der Waals surface area contributed by atoms with Gasteiger partial charge in [-0.05, 0) is 48.9 Å². The topological polar surface area (TPSA) is 108 Å². The Balaban J connectivity index is 2.02. The Kier molecular flexibility index (Phi) is 4.95. The largest absolute Gasteiger partial charge is 0.351 e. The first-order valence-corrected chi connectivity index (χ1v) is 6.97. The number of nitrogens with one attached hydrogen (secondary N) is 2. The van der Waals surface area contributed by atoms with Gasteiger partial charge >= 0.3 is 6.03 Å². The van der Waals surface area contributed by atoms with Crippen LogP contribution in [0, 0.1) is 11.3 Å². The molecule has 2 rings (SSSR count). The second kappa shape index (κ2) is 7.09. The molecule has 1 unspecified atom stereocenters. The number of hydrogen-bond donors (Lipinski definition) is 3. The van der Waals surface area contributed by atoms with Crippen molar-refractivity contribution in [1.29, 1.82) is 5.26 Å². The van der Waals surface area contributed by atoms with Crippen LogP contribution in [0.3, 0.4) is 0 Å². The Hall–Kier alpha value is -3.33. The number of nitriles is 1. The minimum atomic E-state index is -0.656. The molecule has 6 heteroatoms. The van der Waals surface area contributed by atoms with Gasteiger partial charge in [0.2, 0.25) is 0 Å². The summed E-state index contributed by atoms with van der Waals surface area (Å²) in [5.74, 6) is -0.229. The average molecular weight is 308 g/mol. The Morgan fingerprint density at radius 1 is 1.09 bits per heavy atom. The summed E-state index contributed by atoms with van der Waals surface area (Å²) >= 11 is 0. The van der Waals surface area contributed by atoms with Crippen molar-refractivity contribution in [2.75, 3.05) is 5.32 Å². The first-order valence-electron chi connectivity index (χ1n) is 6.97. The van der Waals surface area contributed by atoms with Crippen LogP contribution < -0.4 is 16.4 Å². The lowest BCUT2D eigenvalue weighted by Crippen LogP contribution is -2.26. The van der Waals surface area contributed by atoms with Crippen LogP contribution in [0.25, 0.3) is 0 Å². The van der Waals surface area contributed by atoms with E-state index in [4.69, 9.17) is 11.0 Å². The molecule has 0 aliphatic carbocycles.